The smallest absolute Gasteiger partial charge is 0.261 e. The fourth-order valence-corrected chi connectivity index (χ4v) is 2.97. The van der Waals surface area contributed by atoms with Gasteiger partial charge in [0.05, 0.1) is 22.6 Å². The van der Waals surface area contributed by atoms with E-state index in [1.807, 2.05) is 0 Å². The van der Waals surface area contributed by atoms with Crippen LogP contribution in [0.25, 0.3) is 0 Å². The average Bonchev–Trinajstić information content (AvgIpc) is 2.53. The van der Waals surface area contributed by atoms with Gasteiger partial charge in [-0.3, -0.25) is 4.72 Å². The van der Waals surface area contributed by atoms with Crippen molar-refractivity contribution in [2.75, 3.05) is 22.5 Å². The molecule has 1 unspecified atom stereocenters. The summed E-state index contributed by atoms with van der Waals surface area (Å²) < 4.78 is 39.7. The Bertz CT molecular complexity index is 754. The molecule has 0 bridgehead atoms. The highest BCUT2D eigenvalue weighted by molar-refractivity contribution is 7.92. The zero-order chi connectivity index (χ0) is 16.9. The molecule has 0 fully saturated rings. The second-order valence-corrected chi connectivity index (χ2v) is 6.82. The van der Waals surface area contributed by atoms with Crippen LogP contribution < -0.4 is 10.0 Å². The van der Waals surface area contributed by atoms with Crippen molar-refractivity contribution in [1.29, 1.82) is 0 Å². The molecule has 2 rings (SSSR count). The van der Waals surface area contributed by atoms with Crippen LogP contribution in [-0.2, 0) is 10.0 Å². The van der Waals surface area contributed by atoms with Gasteiger partial charge in [0.1, 0.15) is 5.82 Å². The summed E-state index contributed by atoms with van der Waals surface area (Å²) in [5, 5.41) is 12.4. The molecule has 0 radical (unpaired) electrons. The summed E-state index contributed by atoms with van der Waals surface area (Å²) in [4.78, 5) is -0.0326. The SMILES string of the molecule is O=S(=O)(Nc1cccc(NCC(O)CCl)c1)c1ccc(F)cc1. The van der Waals surface area contributed by atoms with E-state index in [4.69, 9.17) is 11.6 Å². The first kappa shape index (κ1) is 17.5. The monoisotopic (exact) mass is 358 g/mol. The maximum Gasteiger partial charge on any atom is 0.261 e. The molecule has 1 atom stereocenters. The number of aliphatic hydroxyl groups is 1. The molecule has 0 spiro atoms. The van der Waals surface area contributed by atoms with Crippen LogP contribution in [0.5, 0.6) is 0 Å². The number of hydrogen-bond donors (Lipinski definition) is 3. The Hall–Kier alpha value is -1.83. The van der Waals surface area contributed by atoms with Gasteiger partial charge in [-0.15, -0.1) is 11.6 Å². The molecule has 2 aromatic rings. The maximum atomic E-state index is 12.9. The lowest BCUT2D eigenvalue weighted by Gasteiger charge is -2.12. The number of alkyl halides is 1. The summed E-state index contributed by atoms with van der Waals surface area (Å²) in [6.07, 6.45) is -0.698. The minimum Gasteiger partial charge on any atom is -0.390 e. The molecule has 0 amide bonds. The minimum atomic E-state index is -3.80. The van der Waals surface area contributed by atoms with E-state index in [1.54, 1.807) is 24.3 Å². The molecule has 0 aliphatic carbocycles. The first-order valence-corrected chi connectivity index (χ1v) is 8.79. The lowest BCUT2D eigenvalue weighted by Crippen LogP contribution is -2.20. The van der Waals surface area contributed by atoms with E-state index >= 15 is 0 Å². The highest BCUT2D eigenvalue weighted by Gasteiger charge is 2.14. The van der Waals surface area contributed by atoms with Crippen LogP contribution in [-0.4, -0.2) is 32.1 Å². The Morgan fingerprint density at radius 2 is 1.78 bits per heavy atom. The van der Waals surface area contributed by atoms with Gasteiger partial charge in [0.2, 0.25) is 0 Å². The van der Waals surface area contributed by atoms with Crippen molar-refractivity contribution in [3.8, 4) is 0 Å². The number of anilines is 2. The molecule has 124 valence electrons. The number of benzene rings is 2. The third-order valence-electron chi connectivity index (χ3n) is 2.96. The summed E-state index contributed by atoms with van der Waals surface area (Å²) in [5.41, 5.74) is 0.980. The second kappa shape index (κ2) is 7.63. The van der Waals surface area contributed by atoms with Crippen LogP contribution >= 0.6 is 11.6 Å². The van der Waals surface area contributed by atoms with Crippen molar-refractivity contribution in [3.05, 3.63) is 54.3 Å². The molecular weight excluding hydrogens is 343 g/mol. The first-order chi connectivity index (χ1) is 10.9. The van der Waals surface area contributed by atoms with Gasteiger partial charge in [0.25, 0.3) is 10.0 Å². The fourth-order valence-electron chi connectivity index (χ4n) is 1.81. The van der Waals surface area contributed by atoms with Crippen LogP contribution in [0.1, 0.15) is 0 Å². The molecule has 0 heterocycles. The number of hydrogen-bond acceptors (Lipinski definition) is 4. The molecule has 0 aliphatic heterocycles. The lowest BCUT2D eigenvalue weighted by atomic mass is 10.2. The molecule has 0 saturated carbocycles. The summed E-state index contributed by atoms with van der Waals surface area (Å²) in [5.74, 6) is -0.405. The number of sulfonamides is 1. The van der Waals surface area contributed by atoms with Gasteiger partial charge in [-0.1, -0.05) is 6.07 Å². The number of aliphatic hydroxyl groups excluding tert-OH is 1. The Kier molecular flexibility index (Phi) is 5.81. The van der Waals surface area contributed by atoms with E-state index in [2.05, 4.69) is 10.0 Å². The average molecular weight is 359 g/mol. The molecule has 23 heavy (non-hydrogen) atoms. The maximum absolute atomic E-state index is 12.9. The van der Waals surface area contributed by atoms with Gasteiger partial charge in [0, 0.05) is 12.2 Å². The Morgan fingerprint density at radius 3 is 2.43 bits per heavy atom. The predicted octanol–water partition coefficient (Wildman–Crippen LogP) is 2.64. The first-order valence-electron chi connectivity index (χ1n) is 6.77. The number of rotatable bonds is 7. The fraction of sp³-hybridized carbons (Fsp3) is 0.200. The van der Waals surface area contributed by atoms with Crippen LogP contribution in [0.4, 0.5) is 15.8 Å². The number of nitrogens with one attached hydrogen (secondary N) is 2. The van der Waals surface area contributed by atoms with E-state index in [-0.39, 0.29) is 17.3 Å². The Labute approximate surface area is 139 Å². The molecule has 8 heteroatoms. The summed E-state index contributed by atoms with van der Waals surface area (Å²) in [6, 6.07) is 11.1. The normalized spacial score (nSPS) is 12.7. The molecular formula is C15H16ClFN2O3S. The van der Waals surface area contributed by atoms with Crippen molar-refractivity contribution in [3.63, 3.8) is 0 Å². The highest BCUT2D eigenvalue weighted by Crippen LogP contribution is 2.19. The van der Waals surface area contributed by atoms with E-state index in [0.717, 1.165) is 12.1 Å². The second-order valence-electron chi connectivity index (χ2n) is 4.83. The molecule has 0 saturated heterocycles. The third-order valence-corrected chi connectivity index (χ3v) is 4.71. The minimum absolute atomic E-state index is 0.0326. The van der Waals surface area contributed by atoms with E-state index in [1.165, 1.54) is 12.1 Å². The van der Waals surface area contributed by atoms with E-state index < -0.39 is 21.9 Å². The van der Waals surface area contributed by atoms with Crippen LogP contribution in [0.15, 0.2) is 53.4 Å². The van der Waals surface area contributed by atoms with Gasteiger partial charge in [0.15, 0.2) is 0 Å². The van der Waals surface area contributed by atoms with Crippen molar-refractivity contribution in [2.45, 2.75) is 11.0 Å². The largest absolute Gasteiger partial charge is 0.390 e. The standard InChI is InChI=1S/C15H16ClFN2O3S/c16-9-14(20)10-18-12-2-1-3-13(8-12)19-23(21,22)15-6-4-11(17)5-7-15/h1-8,14,18-20H,9-10H2. The topological polar surface area (TPSA) is 78.4 Å². The van der Waals surface area contributed by atoms with Gasteiger partial charge in [-0.05, 0) is 42.5 Å². The molecule has 5 nitrogen and oxygen atoms in total. The van der Waals surface area contributed by atoms with Crippen molar-refractivity contribution in [1.82, 2.24) is 0 Å². The predicted molar refractivity (Wildman–Crippen MR) is 88.9 cm³/mol. The van der Waals surface area contributed by atoms with Crippen LogP contribution in [0, 0.1) is 5.82 Å². The van der Waals surface area contributed by atoms with Gasteiger partial charge < -0.3 is 10.4 Å². The summed E-state index contributed by atoms with van der Waals surface area (Å²) >= 11 is 5.51. The van der Waals surface area contributed by atoms with Crippen molar-refractivity contribution < 1.29 is 17.9 Å². The molecule has 2 aromatic carbocycles. The Morgan fingerprint density at radius 1 is 1.13 bits per heavy atom. The zero-order valence-electron chi connectivity index (χ0n) is 12.0. The zero-order valence-corrected chi connectivity index (χ0v) is 13.6. The van der Waals surface area contributed by atoms with Crippen LogP contribution in [0.2, 0.25) is 0 Å². The molecule has 0 aromatic heterocycles. The molecule has 3 N–H and O–H groups in total. The van der Waals surface area contributed by atoms with Crippen LogP contribution in [0.3, 0.4) is 0 Å². The van der Waals surface area contributed by atoms with E-state index in [0.29, 0.717) is 11.4 Å². The van der Waals surface area contributed by atoms with E-state index in [9.17, 15) is 17.9 Å². The van der Waals surface area contributed by atoms with Gasteiger partial charge >= 0.3 is 0 Å². The summed E-state index contributed by atoms with van der Waals surface area (Å²) in [6.45, 7) is 0.248. The summed E-state index contributed by atoms with van der Waals surface area (Å²) in [7, 11) is -3.80. The Balaban J connectivity index is 2.11. The highest BCUT2D eigenvalue weighted by atomic mass is 35.5. The lowest BCUT2D eigenvalue weighted by molar-refractivity contribution is 0.211. The van der Waals surface area contributed by atoms with Gasteiger partial charge in [-0.2, -0.15) is 0 Å². The van der Waals surface area contributed by atoms with Crippen molar-refractivity contribution >= 4 is 33.0 Å². The third kappa shape index (κ3) is 5.09. The van der Waals surface area contributed by atoms with Crippen molar-refractivity contribution in [2.24, 2.45) is 0 Å². The quantitative estimate of drug-likeness (QED) is 0.665. The number of halogens is 2. The van der Waals surface area contributed by atoms with Gasteiger partial charge in [-0.25, -0.2) is 12.8 Å². The molecule has 0 aliphatic rings.